The van der Waals surface area contributed by atoms with Gasteiger partial charge in [0.05, 0.1) is 7.11 Å². The molecule has 0 aliphatic heterocycles. The zero-order valence-corrected chi connectivity index (χ0v) is 11.3. The van der Waals surface area contributed by atoms with E-state index in [1.807, 2.05) is 7.05 Å². The van der Waals surface area contributed by atoms with Crippen LogP contribution in [-0.2, 0) is 0 Å². The van der Waals surface area contributed by atoms with Gasteiger partial charge in [-0.15, -0.1) is 6.58 Å². The van der Waals surface area contributed by atoms with Crippen LogP contribution in [0.4, 0.5) is 0 Å². The Hall–Kier alpha value is -1.28. The van der Waals surface area contributed by atoms with Gasteiger partial charge >= 0.3 is 0 Å². The third kappa shape index (κ3) is 3.90. The minimum Gasteiger partial charge on any atom is -0.496 e. The molecule has 1 aromatic carbocycles. The first-order chi connectivity index (χ1) is 8.08. The predicted octanol–water partition coefficient (Wildman–Crippen LogP) is 3.62. The number of hydrogen-bond acceptors (Lipinski definition) is 2. The topological polar surface area (TPSA) is 21.3 Å². The molecule has 0 radical (unpaired) electrons. The summed E-state index contributed by atoms with van der Waals surface area (Å²) < 4.78 is 5.45. The molecule has 0 aliphatic carbocycles. The van der Waals surface area contributed by atoms with Gasteiger partial charge in [0, 0.05) is 11.6 Å². The molecule has 1 atom stereocenters. The lowest BCUT2D eigenvalue weighted by atomic mass is 9.98. The highest BCUT2D eigenvalue weighted by Gasteiger charge is 2.14. The van der Waals surface area contributed by atoms with Gasteiger partial charge in [0.2, 0.25) is 0 Å². The minimum atomic E-state index is 0.322. The molecule has 0 saturated heterocycles. The summed E-state index contributed by atoms with van der Waals surface area (Å²) in [6, 6.07) is 6.68. The number of benzene rings is 1. The summed E-state index contributed by atoms with van der Waals surface area (Å²) in [5.74, 6) is 0.964. The Balaban J connectivity index is 2.90. The second kappa shape index (κ2) is 6.45. The second-order valence-corrected chi connectivity index (χ2v) is 4.58. The fraction of sp³-hybridized carbons (Fsp3) is 0.467. The number of aryl methyl sites for hydroxylation is 1. The van der Waals surface area contributed by atoms with E-state index in [1.54, 1.807) is 7.11 Å². The zero-order valence-electron chi connectivity index (χ0n) is 11.3. The number of nitrogens with one attached hydrogen (secondary N) is 1. The number of methoxy groups -OCH3 is 1. The van der Waals surface area contributed by atoms with Crippen molar-refractivity contribution >= 4 is 0 Å². The first-order valence-electron chi connectivity index (χ1n) is 6.04. The Bertz CT molecular complexity index is 385. The molecule has 1 N–H and O–H groups in total. The van der Waals surface area contributed by atoms with Crippen molar-refractivity contribution in [3.63, 3.8) is 0 Å². The molecular formula is C15H23NO. The van der Waals surface area contributed by atoms with Crippen LogP contribution in [0.15, 0.2) is 30.4 Å². The Morgan fingerprint density at radius 2 is 2.18 bits per heavy atom. The lowest BCUT2D eigenvalue weighted by Gasteiger charge is -2.19. The maximum Gasteiger partial charge on any atom is 0.123 e. The van der Waals surface area contributed by atoms with Crippen molar-refractivity contribution in [1.82, 2.24) is 5.32 Å². The summed E-state index contributed by atoms with van der Waals surface area (Å²) >= 11 is 0. The van der Waals surface area contributed by atoms with E-state index in [-0.39, 0.29) is 0 Å². The van der Waals surface area contributed by atoms with Crippen LogP contribution in [-0.4, -0.2) is 14.2 Å². The smallest absolute Gasteiger partial charge is 0.123 e. The van der Waals surface area contributed by atoms with Crippen LogP contribution >= 0.6 is 0 Å². The molecule has 0 aliphatic rings. The Morgan fingerprint density at radius 3 is 2.71 bits per heavy atom. The Labute approximate surface area is 105 Å². The van der Waals surface area contributed by atoms with Gasteiger partial charge in [0.15, 0.2) is 0 Å². The molecule has 0 bridgehead atoms. The molecule has 0 amide bonds. The fourth-order valence-corrected chi connectivity index (χ4v) is 1.95. The maximum absolute atomic E-state index is 5.45. The average Bonchev–Trinajstić information content (AvgIpc) is 2.30. The van der Waals surface area contributed by atoms with Gasteiger partial charge < -0.3 is 10.1 Å². The zero-order chi connectivity index (χ0) is 12.8. The van der Waals surface area contributed by atoms with Gasteiger partial charge in [-0.2, -0.15) is 0 Å². The van der Waals surface area contributed by atoms with Crippen LogP contribution in [0.25, 0.3) is 0 Å². The molecule has 94 valence electrons. The quantitative estimate of drug-likeness (QED) is 0.758. The van der Waals surface area contributed by atoms with Crippen LogP contribution in [0.1, 0.15) is 36.9 Å². The molecule has 2 heteroatoms. The number of ether oxygens (including phenoxy) is 1. The van der Waals surface area contributed by atoms with E-state index < -0.39 is 0 Å². The maximum atomic E-state index is 5.45. The molecule has 0 fully saturated rings. The summed E-state index contributed by atoms with van der Waals surface area (Å²) in [5.41, 5.74) is 3.67. The van der Waals surface area contributed by atoms with Gasteiger partial charge in [-0.3, -0.25) is 0 Å². The van der Waals surface area contributed by atoms with Crippen molar-refractivity contribution < 1.29 is 4.74 Å². The number of hydrogen-bond donors (Lipinski definition) is 1. The van der Waals surface area contributed by atoms with E-state index in [0.29, 0.717) is 6.04 Å². The summed E-state index contributed by atoms with van der Waals surface area (Å²) in [6.45, 7) is 8.10. The van der Waals surface area contributed by atoms with Crippen molar-refractivity contribution in [2.24, 2.45) is 0 Å². The molecule has 1 aromatic rings. The molecular weight excluding hydrogens is 210 g/mol. The highest BCUT2D eigenvalue weighted by Crippen LogP contribution is 2.29. The van der Waals surface area contributed by atoms with Crippen LogP contribution in [0.3, 0.4) is 0 Å². The van der Waals surface area contributed by atoms with Gasteiger partial charge in [0.1, 0.15) is 5.75 Å². The minimum absolute atomic E-state index is 0.322. The first kappa shape index (κ1) is 13.8. The summed E-state index contributed by atoms with van der Waals surface area (Å²) in [5, 5.41) is 3.35. The van der Waals surface area contributed by atoms with E-state index in [0.717, 1.165) is 18.6 Å². The Morgan fingerprint density at radius 1 is 1.47 bits per heavy atom. The van der Waals surface area contributed by atoms with Crippen LogP contribution in [0.2, 0.25) is 0 Å². The van der Waals surface area contributed by atoms with Gasteiger partial charge in [0.25, 0.3) is 0 Å². The van der Waals surface area contributed by atoms with Crippen molar-refractivity contribution in [2.45, 2.75) is 32.7 Å². The normalized spacial score (nSPS) is 12.2. The van der Waals surface area contributed by atoms with Crippen LogP contribution in [0, 0.1) is 6.92 Å². The second-order valence-electron chi connectivity index (χ2n) is 4.58. The van der Waals surface area contributed by atoms with Gasteiger partial charge in [-0.05, 0) is 45.4 Å². The fourth-order valence-electron chi connectivity index (χ4n) is 1.95. The van der Waals surface area contributed by atoms with E-state index >= 15 is 0 Å². The highest BCUT2D eigenvalue weighted by atomic mass is 16.5. The van der Waals surface area contributed by atoms with E-state index in [9.17, 15) is 0 Å². The predicted molar refractivity (Wildman–Crippen MR) is 73.6 cm³/mol. The lowest BCUT2D eigenvalue weighted by Crippen LogP contribution is -2.17. The summed E-state index contributed by atoms with van der Waals surface area (Å²) in [4.78, 5) is 0. The van der Waals surface area contributed by atoms with E-state index in [1.165, 1.54) is 16.7 Å². The molecule has 0 spiro atoms. The van der Waals surface area contributed by atoms with Crippen molar-refractivity contribution in [3.8, 4) is 5.75 Å². The Kier molecular flexibility index (Phi) is 5.23. The SMILES string of the molecule is C=C(C)CCC(NC)c1ccc(C)cc1OC. The number of allylic oxidation sites excluding steroid dienone is 1. The summed E-state index contributed by atoms with van der Waals surface area (Å²) in [6.07, 6.45) is 2.08. The monoisotopic (exact) mass is 233 g/mol. The molecule has 0 aromatic heterocycles. The van der Waals surface area contributed by atoms with Gasteiger partial charge in [-0.25, -0.2) is 0 Å². The molecule has 1 unspecified atom stereocenters. The lowest BCUT2D eigenvalue weighted by molar-refractivity contribution is 0.398. The standard InChI is InChI=1S/C15H23NO/c1-11(2)6-9-14(16-4)13-8-7-12(3)10-15(13)17-5/h7-8,10,14,16H,1,6,9H2,2-5H3. The third-order valence-electron chi connectivity index (χ3n) is 2.97. The van der Waals surface area contributed by atoms with Crippen molar-refractivity contribution in [2.75, 3.05) is 14.2 Å². The largest absolute Gasteiger partial charge is 0.496 e. The molecule has 17 heavy (non-hydrogen) atoms. The van der Waals surface area contributed by atoms with Crippen molar-refractivity contribution in [3.05, 3.63) is 41.5 Å². The molecule has 0 heterocycles. The molecule has 0 saturated carbocycles. The molecule has 2 nitrogen and oxygen atoms in total. The summed E-state index contributed by atoms with van der Waals surface area (Å²) in [7, 11) is 3.71. The van der Waals surface area contributed by atoms with Crippen molar-refractivity contribution in [1.29, 1.82) is 0 Å². The number of rotatable bonds is 6. The first-order valence-corrected chi connectivity index (χ1v) is 6.04. The average molecular weight is 233 g/mol. The van der Waals surface area contributed by atoms with E-state index in [2.05, 4.69) is 43.9 Å². The highest BCUT2D eigenvalue weighted by molar-refractivity contribution is 5.39. The van der Waals surface area contributed by atoms with Crippen LogP contribution in [0.5, 0.6) is 5.75 Å². The third-order valence-corrected chi connectivity index (χ3v) is 2.97. The van der Waals surface area contributed by atoms with Gasteiger partial charge in [-0.1, -0.05) is 17.7 Å². The van der Waals surface area contributed by atoms with Crippen LogP contribution < -0.4 is 10.1 Å². The molecule has 1 rings (SSSR count). The van der Waals surface area contributed by atoms with E-state index in [4.69, 9.17) is 4.74 Å².